The zero-order valence-corrected chi connectivity index (χ0v) is 9.63. The molecule has 0 aromatic heterocycles. The van der Waals surface area contributed by atoms with Crippen LogP contribution < -0.4 is 0 Å². The van der Waals surface area contributed by atoms with E-state index >= 15 is 0 Å². The Kier molecular flexibility index (Phi) is 3.24. The zero-order valence-electron chi connectivity index (χ0n) is 9.63. The number of hydrogen-bond donors (Lipinski definition) is 1. The first-order valence-electron chi connectivity index (χ1n) is 5.58. The molecule has 2 rings (SSSR count). The highest BCUT2D eigenvalue weighted by molar-refractivity contribution is 6.11. The van der Waals surface area contributed by atoms with E-state index in [1.165, 1.54) is 0 Å². The number of aliphatic hydroxyl groups excluding tert-OH is 1. The van der Waals surface area contributed by atoms with Crippen molar-refractivity contribution in [2.24, 2.45) is 5.92 Å². The van der Waals surface area contributed by atoms with E-state index in [1.807, 2.05) is 31.2 Å². The van der Waals surface area contributed by atoms with Crippen LogP contribution in [0.1, 0.15) is 17.3 Å². The van der Waals surface area contributed by atoms with E-state index in [9.17, 15) is 9.90 Å². The van der Waals surface area contributed by atoms with Gasteiger partial charge < -0.3 is 5.11 Å². The summed E-state index contributed by atoms with van der Waals surface area (Å²) in [5.41, 5.74) is 0.929. The van der Waals surface area contributed by atoms with Crippen LogP contribution in [0.5, 0.6) is 0 Å². The fraction of sp³-hybridized carbons (Fsp3) is 0.133. The second-order valence-corrected chi connectivity index (χ2v) is 4.07. The maximum atomic E-state index is 12.2. The van der Waals surface area contributed by atoms with Crippen LogP contribution in [0.15, 0.2) is 66.0 Å². The van der Waals surface area contributed by atoms with Gasteiger partial charge in [-0.1, -0.05) is 49.4 Å². The lowest BCUT2D eigenvalue weighted by atomic mass is 10.0. The van der Waals surface area contributed by atoms with Crippen molar-refractivity contribution in [3.05, 3.63) is 71.5 Å². The molecule has 1 aromatic carbocycles. The molecule has 2 heteroatoms. The lowest BCUT2D eigenvalue weighted by Gasteiger charge is -2.05. The van der Waals surface area contributed by atoms with Gasteiger partial charge in [0.2, 0.25) is 0 Å². The van der Waals surface area contributed by atoms with Crippen molar-refractivity contribution >= 4 is 5.78 Å². The molecule has 0 spiro atoms. The second kappa shape index (κ2) is 4.83. The summed E-state index contributed by atoms with van der Waals surface area (Å²) in [4.78, 5) is 12.2. The maximum absolute atomic E-state index is 12.2. The molecule has 0 heterocycles. The van der Waals surface area contributed by atoms with Gasteiger partial charge in [-0.05, 0) is 18.1 Å². The van der Waals surface area contributed by atoms with Crippen molar-refractivity contribution < 1.29 is 9.90 Å². The summed E-state index contributed by atoms with van der Waals surface area (Å²) >= 11 is 0. The molecule has 0 aliphatic heterocycles. The highest BCUT2D eigenvalue weighted by Crippen LogP contribution is 2.19. The van der Waals surface area contributed by atoms with Crippen LogP contribution in [-0.2, 0) is 0 Å². The molecule has 0 saturated carbocycles. The predicted octanol–water partition coefficient (Wildman–Crippen LogP) is 3.44. The molecular weight excluding hydrogens is 212 g/mol. The van der Waals surface area contributed by atoms with Crippen LogP contribution in [0.25, 0.3) is 0 Å². The minimum absolute atomic E-state index is 0.0522. The standard InChI is InChI=1S/C15H14O2/c1-11-6-5-9-13(14(16)10-11)15(17)12-7-3-2-4-8-12/h2-11,16H,1H3. The van der Waals surface area contributed by atoms with Gasteiger partial charge in [0.15, 0.2) is 5.78 Å². The molecule has 2 nitrogen and oxygen atoms in total. The molecule has 1 atom stereocenters. The van der Waals surface area contributed by atoms with E-state index in [1.54, 1.807) is 30.4 Å². The van der Waals surface area contributed by atoms with E-state index in [-0.39, 0.29) is 17.5 Å². The van der Waals surface area contributed by atoms with Gasteiger partial charge in [0.1, 0.15) is 5.76 Å². The largest absolute Gasteiger partial charge is 0.507 e. The molecular formula is C15H14O2. The number of Topliss-reactive ketones (excluding diaryl/α,β-unsaturated/α-hetero) is 1. The number of carbonyl (C=O) groups excluding carboxylic acids is 1. The molecule has 0 saturated heterocycles. The lowest BCUT2D eigenvalue weighted by Crippen LogP contribution is -2.05. The molecule has 0 bridgehead atoms. The Hall–Kier alpha value is -2.09. The SMILES string of the molecule is CC1C=CC=C(C(=O)c2ccccc2)C(O)=C1. The minimum Gasteiger partial charge on any atom is -0.507 e. The summed E-state index contributed by atoms with van der Waals surface area (Å²) in [6, 6.07) is 8.96. The van der Waals surface area contributed by atoms with Gasteiger partial charge in [-0.15, -0.1) is 0 Å². The third-order valence-corrected chi connectivity index (χ3v) is 2.65. The van der Waals surface area contributed by atoms with Crippen molar-refractivity contribution in [2.45, 2.75) is 6.92 Å². The average molecular weight is 226 g/mol. The van der Waals surface area contributed by atoms with Gasteiger partial charge in [-0.25, -0.2) is 0 Å². The van der Waals surface area contributed by atoms with E-state index < -0.39 is 0 Å². The number of allylic oxidation sites excluding steroid dienone is 5. The van der Waals surface area contributed by atoms with Crippen molar-refractivity contribution in [2.75, 3.05) is 0 Å². The average Bonchev–Trinajstić information content (AvgIpc) is 2.50. The van der Waals surface area contributed by atoms with E-state index in [0.717, 1.165) is 0 Å². The molecule has 1 aliphatic carbocycles. The molecule has 1 N–H and O–H groups in total. The third kappa shape index (κ3) is 2.53. The minimum atomic E-state index is -0.155. The number of rotatable bonds is 2. The van der Waals surface area contributed by atoms with E-state index in [0.29, 0.717) is 11.1 Å². The van der Waals surface area contributed by atoms with Crippen molar-refractivity contribution in [1.82, 2.24) is 0 Å². The highest BCUT2D eigenvalue weighted by atomic mass is 16.3. The Labute approximate surface area is 101 Å². The first-order chi connectivity index (χ1) is 8.18. The number of benzene rings is 1. The second-order valence-electron chi connectivity index (χ2n) is 4.07. The van der Waals surface area contributed by atoms with Crippen molar-refractivity contribution in [3.63, 3.8) is 0 Å². The summed E-state index contributed by atoms with van der Waals surface area (Å²) in [5, 5.41) is 9.88. The molecule has 0 fully saturated rings. The maximum Gasteiger partial charge on any atom is 0.196 e. The fourth-order valence-electron chi connectivity index (χ4n) is 1.74. The fourth-order valence-corrected chi connectivity index (χ4v) is 1.74. The van der Waals surface area contributed by atoms with Gasteiger partial charge >= 0.3 is 0 Å². The van der Waals surface area contributed by atoms with Crippen LogP contribution >= 0.6 is 0 Å². The zero-order chi connectivity index (χ0) is 12.3. The Balaban J connectivity index is 2.35. The number of carbonyl (C=O) groups is 1. The Bertz CT molecular complexity index is 507. The van der Waals surface area contributed by atoms with Gasteiger partial charge in [-0.2, -0.15) is 0 Å². The van der Waals surface area contributed by atoms with Crippen LogP contribution in [0.2, 0.25) is 0 Å². The summed E-state index contributed by atoms with van der Waals surface area (Å²) in [6.07, 6.45) is 7.07. The van der Waals surface area contributed by atoms with Gasteiger partial charge in [-0.3, -0.25) is 4.79 Å². The molecule has 1 aliphatic rings. The van der Waals surface area contributed by atoms with Crippen molar-refractivity contribution in [3.8, 4) is 0 Å². The monoisotopic (exact) mass is 226 g/mol. The first-order valence-corrected chi connectivity index (χ1v) is 5.58. The summed E-state index contributed by atoms with van der Waals surface area (Å²) in [5.74, 6) is 0.0294. The molecule has 1 unspecified atom stereocenters. The predicted molar refractivity (Wildman–Crippen MR) is 67.9 cm³/mol. The third-order valence-electron chi connectivity index (χ3n) is 2.65. The van der Waals surface area contributed by atoms with Crippen LogP contribution in [-0.4, -0.2) is 10.9 Å². The van der Waals surface area contributed by atoms with Crippen LogP contribution in [0, 0.1) is 5.92 Å². The molecule has 0 amide bonds. The van der Waals surface area contributed by atoms with E-state index in [2.05, 4.69) is 0 Å². The summed E-state index contributed by atoms with van der Waals surface area (Å²) < 4.78 is 0. The quantitative estimate of drug-likeness (QED) is 0.784. The molecule has 1 aromatic rings. The Morgan fingerprint density at radius 1 is 1.24 bits per heavy atom. The molecule has 86 valence electrons. The van der Waals surface area contributed by atoms with Gasteiger partial charge in [0, 0.05) is 5.56 Å². The van der Waals surface area contributed by atoms with Crippen LogP contribution in [0.3, 0.4) is 0 Å². The molecule has 0 radical (unpaired) electrons. The molecule has 17 heavy (non-hydrogen) atoms. The highest BCUT2D eigenvalue weighted by Gasteiger charge is 2.16. The van der Waals surface area contributed by atoms with Crippen LogP contribution in [0.4, 0.5) is 0 Å². The van der Waals surface area contributed by atoms with E-state index in [4.69, 9.17) is 0 Å². The number of hydrogen-bond acceptors (Lipinski definition) is 2. The first kappa shape index (κ1) is 11.4. The smallest absolute Gasteiger partial charge is 0.196 e. The Morgan fingerprint density at radius 2 is 1.94 bits per heavy atom. The number of ketones is 1. The summed E-state index contributed by atoms with van der Waals surface area (Å²) in [6.45, 7) is 1.95. The number of aliphatic hydroxyl groups is 1. The Morgan fingerprint density at radius 3 is 2.65 bits per heavy atom. The normalized spacial score (nSPS) is 19.2. The van der Waals surface area contributed by atoms with Gasteiger partial charge in [0.05, 0.1) is 5.57 Å². The summed E-state index contributed by atoms with van der Waals surface area (Å²) in [7, 11) is 0. The van der Waals surface area contributed by atoms with Gasteiger partial charge in [0.25, 0.3) is 0 Å². The lowest BCUT2D eigenvalue weighted by molar-refractivity contribution is 0.103. The van der Waals surface area contributed by atoms with Crippen molar-refractivity contribution in [1.29, 1.82) is 0 Å². The topological polar surface area (TPSA) is 37.3 Å².